The largest absolute Gasteiger partial charge is 0.497 e. The summed E-state index contributed by atoms with van der Waals surface area (Å²) >= 11 is 0. The van der Waals surface area contributed by atoms with Gasteiger partial charge in [0.2, 0.25) is 0 Å². The second kappa shape index (κ2) is 9.65. The lowest BCUT2D eigenvalue weighted by Crippen LogP contribution is -2.17. The third kappa shape index (κ3) is 4.86. The summed E-state index contributed by atoms with van der Waals surface area (Å²) in [5.74, 6) is -1.50. The molecule has 0 heterocycles. The Morgan fingerprint density at radius 1 is 0.844 bits per heavy atom. The van der Waals surface area contributed by atoms with Gasteiger partial charge in [-0.2, -0.15) is 0 Å². The Kier molecular flexibility index (Phi) is 6.74. The number of aromatic carboxylic acids is 1. The molecule has 0 spiro atoms. The highest BCUT2D eigenvalue weighted by atomic mass is 16.5. The number of hydrogen-bond donors (Lipinski definition) is 2. The number of carbonyl (C=O) groups excluding carboxylic acids is 2. The molecule has 0 atom stereocenters. The van der Waals surface area contributed by atoms with Crippen LogP contribution in [-0.4, -0.2) is 37.2 Å². The number of benzene rings is 3. The van der Waals surface area contributed by atoms with Crippen LogP contribution < -0.4 is 19.5 Å². The van der Waals surface area contributed by atoms with E-state index in [0.717, 1.165) is 5.56 Å². The number of anilines is 1. The molecular formula is C24H21NO7. The highest BCUT2D eigenvalue weighted by molar-refractivity contribution is 6.10. The summed E-state index contributed by atoms with van der Waals surface area (Å²) in [5.41, 5.74) is 1.35. The van der Waals surface area contributed by atoms with Crippen LogP contribution >= 0.6 is 0 Å². The first-order chi connectivity index (χ1) is 15.3. The number of amides is 1. The number of hydrogen-bond acceptors (Lipinski definition) is 6. The van der Waals surface area contributed by atoms with E-state index in [2.05, 4.69) is 5.32 Å². The maximum Gasteiger partial charge on any atom is 0.337 e. The molecule has 3 aromatic rings. The molecule has 3 rings (SSSR count). The summed E-state index contributed by atoms with van der Waals surface area (Å²) in [7, 11) is 2.97. The highest BCUT2D eigenvalue weighted by Gasteiger charge is 2.20. The summed E-state index contributed by atoms with van der Waals surface area (Å²) in [6, 6.07) is 16.2. The van der Waals surface area contributed by atoms with Crippen molar-refractivity contribution in [2.24, 2.45) is 0 Å². The van der Waals surface area contributed by atoms with Gasteiger partial charge in [0.05, 0.1) is 31.0 Å². The lowest BCUT2D eigenvalue weighted by atomic mass is 10.0. The van der Waals surface area contributed by atoms with Crippen molar-refractivity contribution < 1.29 is 33.7 Å². The number of carboxylic acids is 1. The van der Waals surface area contributed by atoms with E-state index in [1.165, 1.54) is 39.3 Å². The number of carbonyl (C=O) groups is 3. The van der Waals surface area contributed by atoms with Crippen LogP contribution in [0.2, 0.25) is 0 Å². The smallest absolute Gasteiger partial charge is 0.337 e. The molecule has 32 heavy (non-hydrogen) atoms. The van der Waals surface area contributed by atoms with Crippen molar-refractivity contribution in [3.05, 3.63) is 71.8 Å². The van der Waals surface area contributed by atoms with Crippen molar-refractivity contribution in [3.8, 4) is 28.4 Å². The zero-order chi connectivity index (χ0) is 23.3. The van der Waals surface area contributed by atoms with Gasteiger partial charge < -0.3 is 24.6 Å². The Bertz CT molecular complexity index is 1190. The number of rotatable bonds is 7. The van der Waals surface area contributed by atoms with Gasteiger partial charge in [-0.15, -0.1) is 0 Å². The van der Waals surface area contributed by atoms with Crippen LogP contribution in [0.4, 0.5) is 5.69 Å². The SMILES string of the molecule is COc1ccc(OC(C)=O)c(C(=O)Nc2cc(-c3ccccc3OC)ccc2C(=O)O)c1. The van der Waals surface area contributed by atoms with Gasteiger partial charge in [0, 0.05) is 12.5 Å². The van der Waals surface area contributed by atoms with E-state index in [9.17, 15) is 19.5 Å². The molecule has 8 nitrogen and oxygen atoms in total. The topological polar surface area (TPSA) is 111 Å². The van der Waals surface area contributed by atoms with Crippen molar-refractivity contribution in [1.29, 1.82) is 0 Å². The maximum atomic E-state index is 13.1. The molecule has 0 unspecified atom stereocenters. The van der Waals surface area contributed by atoms with Gasteiger partial charge in [-0.3, -0.25) is 9.59 Å². The second-order valence-corrected chi connectivity index (χ2v) is 6.68. The minimum atomic E-state index is -1.21. The molecule has 0 aliphatic carbocycles. The molecule has 164 valence electrons. The standard InChI is InChI=1S/C24H21NO7/c1-14(26)32-22-11-9-16(30-2)13-19(22)23(27)25-20-12-15(8-10-18(20)24(28)29)17-6-4-5-7-21(17)31-3/h4-13H,1-3H3,(H,25,27)(H,28,29). The van der Waals surface area contributed by atoms with Gasteiger partial charge in [0.25, 0.3) is 5.91 Å². The van der Waals surface area contributed by atoms with Crippen molar-refractivity contribution in [2.45, 2.75) is 6.92 Å². The third-order valence-corrected chi connectivity index (χ3v) is 4.60. The lowest BCUT2D eigenvalue weighted by molar-refractivity contribution is -0.131. The fourth-order valence-corrected chi connectivity index (χ4v) is 3.13. The summed E-state index contributed by atoms with van der Waals surface area (Å²) in [6.45, 7) is 1.21. The van der Waals surface area contributed by atoms with E-state index >= 15 is 0 Å². The minimum Gasteiger partial charge on any atom is -0.497 e. The number of nitrogens with one attached hydrogen (secondary N) is 1. The van der Waals surface area contributed by atoms with E-state index in [-0.39, 0.29) is 22.6 Å². The first-order valence-electron chi connectivity index (χ1n) is 9.52. The molecule has 0 aliphatic rings. The Balaban J connectivity index is 2.05. The van der Waals surface area contributed by atoms with Crippen LogP contribution in [0.3, 0.4) is 0 Å². The second-order valence-electron chi connectivity index (χ2n) is 6.68. The molecule has 0 saturated heterocycles. The van der Waals surface area contributed by atoms with Gasteiger partial charge in [0.15, 0.2) is 0 Å². The number of para-hydroxylation sites is 1. The van der Waals surface area contributed by atoms with Crippen LogP contribution in [0, 0.1) is 0 Å². The van der Waals surface area contributed by atoms with Crippen LogP contribution in [0.15, 0.2) is 60.7 Å². The van der Waals surface area contributed by atoms with Crippen LogP contribution in [-0.2, 0) is 4.79 Å². The van der Waals surface area contributed by atoms with Crippen LogP contribution in [0.1, 0.15) is 27.6 Å². The summed E-state index contributed by atoms with van der Waals surface area (Å²) in [4.78, 5) is 36.2. The third-order valence-electron chi connectivity index (χ3n) is 4.60. The molecule has 1 amide bonds. The molecule has 0 bridgehead atoms. The van der Waals surface area contributed by atoms with Gasteiger partial charge in [0.1, 0.15) is 17.2 Å². The average molecular weight is 435 g/mol. The molecule has 8 heteroatoms. The molecule has 0 aromatic heterocycles. The number of methoxy groups -OCH3 is 2. The monoisotopic (exact) mass is 435 g/mol. The average Bonchev–Trinajstić information content (AvgIpc) is 2.78. The maximum absolute atomic E-state index is 13.1. The Labute approximate surface area is 184 Å². The van der Waals surface area contributed by atoms with E-state index in [1.807, 2.05) is 18.2 Å². The molecule has 0 saturated carbocycles. The number of ether oxygens (including phenoxy) is 3. The molecule has 0 fully saturated rings. The molecule has 3 aromatic carbocycles. The van der Waals surface area contributed by atoms with Crippen molar-refractivity contribution in [1.82, 2.24) is 0 Å². The Morgan fingerprint density at radius 2 is 1.59 bits per heavy atom. The summed E-state index contributed by atoms with van der Waals surface area (Å²) in [6.07, 6.45) is 0. The normalized spacial score (nSPS) is 10.2. The number of esters is 1. The van der Waals surface area contributed by atoms with Crippen molar-refractivity contribution in [3.63, 3.8) is 0 Å². The fraction of sp³-hybridized carbons (Fsp3) is 0.125. The quantitative estimate of drug-likeness (QED) is 0.422. The first-order valence-corrected chi connectivity index (χ1v) is 9.52. The summed E-state index contributed by atoms with van der Waals surface area (Å²) in [5, 5.41) is 12.2. The molecule has 0 aliphatic heterocycles. The zero-order valence-electron chi connectivity index (χ0n) is 17.7. The van der Waals surface area contributed by atoms with Gasteiger partial charge >= 0.3 is 11.9 Å². The van der Waals surface area contributed by atoms with E-state index in [4.69, 9.17) is 14.2 Å². The van der Waals surface area contributed by atoms with Gasteiger partial charge in [-0.25, -0.2) is 4.79 Å². The molecular weight excluding hydrogens is 414 g/mol. The predicted octanol–water partition coefficient (Wildman–Crippen LogP) is 4.25. The number of carboxylic acid groups (broad SMARTS) is 1. The van der Waals surface area contributed by atoms with Gasteiger partial charge in [-0.05, 0) is 42.0 Å². The van der Waals surface area contributed by atoms with Gasteiger partial charge in [-0.1, -0.05) is 24.3 Å². The lowest BCUT2D eigenvalue weighted by Gasteiger charge is -2.14. The Hall–Kier alpha value is -4.33. The predicted molar refractivity (Wildman–Crippen MR) is 118 cm³/mol. The molecule has 0 radical (unpaired) electrons. The van der Waals surface area contributed by atoms with E-state index in [1.54, 1.807) is 24.3 Å². The van der Waals surface area contributed by atoms with Crippen molar-refractivity contribution in [2.75, 3.05) is 19.5 Å². The highest BCUT2D eigenvalue weighted by Crippen LogP contribution is 2.33. The van der Waals surface area contributed by atoms with Crippen molar-refractivity contribution >= 4 is 23.5 Å². The minimum absolute atomic E-state index is 0.0126. The summed E-state index contributed by atoms with van der Waals surface area (Å²) < 4.78 is 15.6. The fourth-order valence-electron chi connectivity index (χ4n) is 3.13. The molecule has 2 N–H and O–H groups in total. The zero-order valence-corrected chi connectivity index (χ0v) is 17.7. The van der Waals surface area contributed by atoms with E-state index in [0.29, 0.717) is 17.1 Å². The van der Waals surface area contributed by atoms with Crippen LogP contribution in [0.5, 0.6) is 17.2 Å². The first kappa shape index (κ1) is 22.4. The van der Waals surface area contributed by atoms with E-state index < -0.39 is 17.8 Å². The van der Waals surface area contributed by atoms with Crippen LogP contribution in [0.25, 0.3) is 11.1 Å². The Morgan fingerprint density at radius 3 is 2.25 bits per heavy atom.